The number of H-pyrrole nitrogens is 1. The Morgan fingerprint density at radius 2 is 1.84 bits per heavy atom. The van der Waals surface area contributed by atoms with Crippen LogP contribution in [0.5, 0.6) is 0 Å². The van der Waals surface area contributed by atoms with Gasteiger partial charge in [0.15, 0.2) is 0 Å². The molecule has 5 heteroatoms. The van der Waals surface area contributed by atoms with E-state index in [2.05, 4.69) is 15.0 Å². The number of hydrogen-bond donors (Lipinski definition) is 1. The zero-order valence-electron chi connectivity index (χ0n) is 10.9. The maximum Gasteiger partial charge on any atom is 0.348 e. The van der Waals surface area contributed by atoms with Crippen LogP contribution >= 0.6 is 0 Å². The standard InChI is InChI=1S/C14H18N4O/c19-14-15-13(11-17-9-5-2-6-10-17)16-18(14)12-7-3-1-4-8-12/h1,3-4,7-8H,2,5-6,9-11H2,(H,15,16,19). The normalized spacial score (nSPS) is 16.6. The van der Waals surface area contributed by atoms with E-state index in [0.29, 0.717) is 0 Å². The van der Waals surface area contributed by atoms with Gasteiger partial charge in [-0.3, -0.25) is 9.88 Å². The minimum atomic E-state index is -0.168. The molecule has 0 bridgehead atoms. The summed E-state index contributed by atoms with van der Waals surface area (Å²) in [5, 5.41) is 4.38. The van der Waals surface area contributed by atoms with Gasteiger partial charge >= 0.3 is 5.69 Å². The van der Waals surface area contributed by atoms with Crippen molar-refractivity contribution in [3.05, 3.63) is 46.6 Å². The molecule has 19 heavy (non-hydrogen) atoms. The Labute approximate surface area is 111 Å². The molecule has 2 aromatic rings. The number of nitrogens with one attached hydrogen (secondary N) is 1. The lowest BCUT2D eigenvalue weighted by atomic mass is 10.1. The van der Waals surface area contributed by atoms with E-state index in [4.69, 9.17) is 0 Å². The SMILES string of the molecule is O=c1[nH]c(CN2CCCCC2)nn1-c1ccccc1. The molecule has 2 heterocycles. The Morgan fingerprint density at radius 3 is 2.58 bits per heavy atom. The highest BCUT2D eigenvalue weighted by Gasteiger charge is 2.13. The van der Waals surface area contributed by atoms with Gasteiger partial charge in [0.05, 0.1) is 12.2 Å². The minimum absolute atomic E-state index is 0.168. The van der Waals surface area contributed by atoms with Crippen LogP contribution in [-0.4, -0.2) is 32.8 Å². The largest absolute Gasteiger partial charge is 0.348 e. The van der Waals surface area contributed by atoms with Gasteiger partial charge in [-0.15, -0.1) is 5.10 Å². The third-order valence-corrected chi connectivity index (χ3v) is 3.49. The molecule has 3 rings (SSSR count). The Balaban J connectivity index is 1.79. The average Bonchev–Trinajstić information content (AvgIpc) is 2.82. The van der Waals surface area contributed by atoms with Gasteiger partial charge in [0, 0.05) is 0 Å². The Hall–Kier alpha value is -1.88. The first kappa shape index (κ1) is 12.2. The van der Waals surface area contributed by atoms with Crippen molar-refractivity contribution in [3.63, 3.8) is 0 Å². The minimum Gasteiger partial charge on any atom is -0.296 e. The molecule has 0 radical (unpaired) electrons. The summed E-state index contributed by atoms with van der Waals surface area (Å²) >= 11 is 0. The molecule has 1 aliphatic rings. The number of aromatic amines is 1. The summed E-state index contributed by atoms with van der Waals surface area (Å²) in [5.74, 6) is 0.746. The summed E-state index contributed by atoms with van der Waals surface area (Å²) in [6.07, 6.45) is 3.79. The predicted molar refractivity (Wildman–Crippen MR) is 73.3 cm³/mol. The third kappa shape index (κ3) is 2.76. The Bertz CT molecular complexity index is 581. The van der Waals surface area contributed by atoms with Crippen LogP contribution < -0.4 is 5.69 Å². The van der Waals surface area contributed by atoms with E-state index in [9.17, 15) is 4.79 Å². The molecule has 1 saturated heterocycles. The van der Waals surface area contributed by atoms with Gasteiger partial charge in [-0.25, -0.2) is 4.79 Å². The fourth-order valence-electron chi connectivity index (χ4n) is 2.51. The van der Waals surface area contributed by atoms with Crippen LogP contribution in [0, 0.1) is 0 Å². The summed E-state index contributed by atoms with van der Waals surface area (Å²) in [6, 6.07) is 9.50. The third-order valence-electron chi connectivity index (χ3n) is 3.49. The fraction of sp³-hybridized carbons (Fsp3) is 0.429. The molecule has 0 atom stereocenters. The number of para-hydroxylation sites is 1. The Kier molecular flexibility index (Phi) is 3.46. The summed E-state index contributed by atoms with van der Waals surface area (Å²) < 4.78 is 1.43. The van der Waals surface area contributed by atoms with E-state index in [1.165, 1.54) is 23.9 Å². The fourth-order valence-corrected chi connectivity index (χ4v) is 2.51. The molecule has 0 amide bonds. The quantitative estimate of drug-likeness (QED) is 0.908. The first-order valence-electron chi connectivity index (χ1n) is 6.79. The van der Waals surface area contributed by atoms with Crippen LogP contribution in [0.4, 0.5) is 0 Å². The van der Waals surface area contributed by atoms with E-state index in [1.807, 2.05) is 30.3 Å². The summed E-state index contributed by atoms with van der Waals surface area (Å²) in [5.41, 5.74) is 0.631. The van der Waals surface area contributed by atoms with E-state index in [-0.39, 0.29) is 5.69 Å². The first-order valence-corrected chi connectivity index (χ1v) is 6.79. The van der Waals surface area contributed by atoms with E-state index in [0.717, 1.165) is 31.1 Å². The lowest BCUT2D eigenvalue weighted by Crippen LogP contribution is -2.29. The molecule has 5 nitrogen and oxygen atoms in total. The maximum atomic E-state index is 11.9. The highest BCUT2D eigenvalue weighted by atomic mass is 16.1. The molecule has 0 aliphatic carbocycles. The molecule has 0 spiro atoms. The lowest BCUT2D eigenvalue weighted by molar-refractivity contribution is 0.216. The van der Waals surface area contributed by atoms with Crippen LogP contribution in [0.3, 0.4) is 0 Å². The maximum absolute atomic E-state index is 11.9. The molecule has 0 saturated carbocycles. The van der Waals surface area contributed by atoms with Crippen molar-refractivity contribution in [2.45, 2.75) is 25.8 Å². The van der Waals surface area contributed by atoms with E-state index in [1.54, 1.807) is 0 Å². The molecular formula is C14H18N4O. The Morgan fingerprint density at radius 1 is 1.11 bits per heavy atom. The van der Waals surface area contributed by atoms with Crippen LogP contribution in [0.1, 0.15) is 25.1 Å². The van der Waals surface area contributed by atoms with Gasteiger partial charge in [0.25, 0.3) is 0 Å². The van der Waals surface area contributed by atoms with Gasteiger partial charge in [0.1, 0.15) is 5.82 Å². The molecule has 1 N–H and O–H groups in total. The highest BCUT2D eigenvalue weighted by molar-refractivity contribution is 5.29. The van der Waals surface area contributed by atoms with Crippen molar-refractivity contribution in [2.75, 3.05) is 13.1 Å². The van der Waals surface area contributed by atoms with Gasteiger partial charge < -0.3 is 0 Å². The second-order valence-electron chi connectivity index (χ2n) is 4.96. The number of benzene rings is 1. The second kappa shape index (κ2) is 5.40. The summed E-state index contributed by atoms with van der Waals surface area (Å²) in [6.45, 7) is 2.93. The smallest absolute Gasteiger partial charge is 0.296 e. The molecule has 1 fully saturated rings. The van der Waals surface area contributed by atoms with Crippen molar-refractivity contribution < 1.29 is 0 Å². The summed E-state index contributed by atoms with van der Waals surface area (Å²) in [4.78, 5) is 17.1. The monoisotopic (exact) mass is 258 g/mol. The number of piperidine rings is 1. The zero-order chi connectivity index (χ0) is 13.1. The van der Waals surface area contributed by atoms with Crippen molar-refractivity contribution >= 4 is 0 Å². The number of likely N-dealkylation sites (tertiary alicyclic amines) is 1. The molecule has 1 aliphatic heterocycles. The predicted octanol–water partition coefficient (Wildman–Crippen LogP) is 1.55. The molecule has 1 aromatic carbocycles. The second-order valence-corrected chi connectivity index (χ2v) is 4.96. The molecule has 0 unspecified atom stereocenters. The summed E-state index contributed by atoms with van der Waals surface area (Å²) in [7, 11) is 0. The first-order chi connectivity index (χ1) is 9.33. The van der Waals surface area contributed by atoms with Gasteiger partial charge in [-0.1, -0.05) is 24.6 Å². The average molecular weight is 258 g/mol. The molecule has 1 aromatic heterocycles. The van der Waals surface area contributed by atoms with Crippen LogP contribution in [0.15, 0.2) is 35.1 Å². The number of aromatic nitrogens is 3. The topological polar surface area (TPSA) is 53.9 Å². The van der Waals surface area contributed by atoms with Crippen LogP contribution in [-0.2, 0) is 6.54 Å². The number of rotatable bonds is 3. The van der Waals surface area contributed by atoms with Crippen molar-refractivity contribution in [1.29, 1.82) is 0 Å². The number of hydrogen-bond acceptors (Lipinski definition) is 3. The van der Waals surface area contributed by atoms with Crippen molar-refractivity contribution in [2.24, 2.45) is 0 Å². The van der Waals surface area contributed by atoms with E-state index >= 15 is 0 Å². The lowest BCUT2D eigenvalue weighted by Gasteiger charge is -2.24. The molecular weight excluding hydrogens is 240 g/mol. The highest BCUT2D eigenvalue weighted by Crippen LogP contribution is 2.10. The van der Waals surface area contributed by atoms with Crippen LogP contribution in [0.25, 0.3) is 5.69 Å². The van der Waals surface area contributed by atoms with Crippen LogP contribution in [0.2, 0.25) is 0 Å². The van der Waals surface area contributed by atoms with Gasteiger partial charge in [-0.2, -0.15) is 4.68 Å². The molecule has 100 valence electrons. The van der Waals surface area contributed by atoms with Gasteiger partial charge in [0.2, 0.25) is 0 Å². The van der Waals surface area contributed by atoms with Gasteiger partial charge in [-0.05, 0) is 38.1 Å². The number of nitrogens with zero attached hydrogens (tertiary/aromatic N) is 3. The van der Waals surface area contributed by atoms with Crippen molar-refractivity contribution in [3.8, 4) is 5.69 Å². The van der Waals surface area contributed by atoms with E-state index < -0.39 is 0 Å². The van der Waals surface area contributed by atoms with Crippen molar-refractivity contribution in [1.82, 2.24) is 19.7 Å². The zero-order valence-corrected chi connectivity index (χ0v) is 10.9.